The number of ether oxygens (including phenoxy) is 1. The van der Waals surface area contributed by atoms with Gasteiger partial charge in [0, 0.05) is 24.5 Å². The normalized spacial score (nSPS) is 14.6. The molecule has 1 fully saturated rings. The summed E-state index contributed by atoms with van der Waals surface area (Å²) < 4.78 is 32.6. The zero-order valence-corrected chi connectivity index (χ0v) is 16.2. The molecule has 0 radical (unpaired) electrons. The van der Waals surface area contributed by atoms with E-state index in [-0.39, 0.29) is 11.5 Å². The molecule has 2 aromatic carbocycles. The second-order valence-electron chi connectivity index (χ2n) is 6.44. The lowest BCUT2D eigenvalue weighted by Gasteiger charge is -2.28. The van der Waals surface area contributed by atoms with Crippen LogP contribution in [0.1, 0.15) is 36.5 Å². The molecule has 0 unspecified atom stereocenters. The Morgan fingerprint density at radius 2 is 1.63 bits per heavy atom. The first kappa shape index (κ1) is 19.2. The van der Waals surface area contributed by atoms with Crippen LogP contribution in [-0.4, -0.2) is 34.1 Å². The monoisotopic (exact) mass is 388 g/mol. The first-order chi connectivity index (χ1) is 13.0. The van der Waals surface area contributed by atoms with Crippen LogP contribution in [0.3, 0.4) is 0 Å². The molecule has 1 aliphatic heterocycles. The van der Waals surface area contributed by atoms with E-state index in [0.29, 0.717) is 11.3 Å². The van der Waals surface area contributed by atoms with Crippen molar-refractivity contribution in [1.82, 2.24) is 0 Å². The summed E-state index contributed by atoms with van der Waals surface area (Å²) >= 11 is 0. The van der Waals surface area contributed by atoms with Crippen molar-refractivity contribution in [2.45, 2.75) is 31.1 Å². The molecule has 0 spiro atoms. The number of sulfonamides is 1. The molecule has 1 heterocycles. The smallest absolute Gasteiger partial charge is 0.338 e. The number of nitrogens with one attached hydrogen (secondary N) is 1. The summed E-state index contributed by atoms with van der Waals surface area (Å²) in [5.74, 6) is -0.470. The number of carbonyl (C=O) groups excluding carboxylic acids is 1. The zero-order chi connectivity index (χ0) is 19.3. The van der Waals surface area contributed by atoms with Gasteiger partial charge in [-0.25, -0.2) is 13.2 Å². The third kappa shape index (κ3) is 4.80. The van der Waals surface area contributed by atoms with Gasteiger partial charge in [-0.3, -0.25) is 4.72 Å². The standard InChI is InChI=1S/C20H24N2O4S/c1-2-26-20(23)16-6-12-19(13-7-16)27(24,25)21-17-8-10-18(11-9-17)22-14-4-3-5-15-22/h6-13,21H,2-5,14-15H2,1H3. The van der Waals surface area contributed by atoms with Gasteiger partial charge in [0.1, 0.15) is 0 Å². The molecule has 144 valence electrons. The van der Waals surface area contributed by atoms with E-state index in [2.05, 4.69) is 9.62 Å². The van der Waals surface area contributed by atoms with Crippen molar-refractivity contribution in [3.63, 3.8) is 0 Å². The van der Waals surface area contributed by atoms with Gasteiger partial charge in [-0.1, -0.05) is 0 Å². The summed E-state index contributed by atoms with van der Waals surface area (Å²) in [6, 6.07) is 13.1. The molecule has 2 aromatic rings. The van der Waals surface area contributed by atoms with Gasteiger partial charge in [0.2, 0.25) is 0 Å². The Morgan fingerprint density at radius 1 is 1.00 bits per heavy atom. The lowest BCUT2D eigenvalue weighted by Crippen LogP contribution is -2.29. The third-order valence-electron chi connectivity index (χ3n) is 4.52. The van der Waals surface area contributed by atoms with Crippen molar-refractivity contribution < 1.29 is 17.9 Å². The molecular formula is C20H24N2O4S. The highest BCUT2D eigenvalue weighted by molar-refractivity contribution is 7.92. The minimum absolute atomic E-state index is 0.0932. The van der Waals surface area contributed by atoms with Crippen molar-refractivity contribution in [2.24, 2.45) is 0 Å². The second kappa shape index (κ2) is 8.43. The van der Waals surface area contributed by atoms with Crippen LogP contribution in [0.25, 0.3) is 0 Å². The van der Waals surface area contributed by atoms with Crippen molar-refractivity contribution in [3.8, 4) is 0 Å². The van der Waals surface area contributed by atoms with E-state index in [4.69, 9.17) is 4.74 Å². The fourth-order valence-electron chi connectivity index (χ4n) is 3.09. The van der Waals surface area contributed by atoms with Crippen LogP contribution in [0.5, 0.6) is 0 Å². The van der Waals surface area contributed by atoms with E-state index in [1.54, 1.807) is 19.1 Å². The minimum atomic E-state index is -3.72. The maximum Gasteiger partial charge on any atom is 0.338 e. The van der Waals surface area contributed by atoms with Gasteiger partial charge in [-0.05, 0) is 74.7 Å². The van der Waals surface area contributed by atoms with Crippen LogP contribution in [0.4, 0.5) is 11.4 Å². The van der Waals surface area contributed by atoms with E-state index in [1.165, 1.54) is 43.5 Å². The quantitative estimate of drug-likeness (QED) is 0.765. The van der Waals surface area contributed by atoms with Gasteiger partial charge in [-0.15, -0.1) is 0 Å². The molecule has 3 rings (SSSR count). The molecular weight excluding hydrogens is 364 g/mol. The van der Waals surface area contributed by atoms with Crippen LogP contribution < -0.4 is 9.62 Å². The van der Waals surface area contributed by atoms with E-state index < -0.39 is 16.0 Å². The SMILES string of the molecule is CCOC(=O)c1ccc(S(=O)(=O)Nc2ccc(N3CCCCC3)cc2)cc1. The fourth-order valence-corrected chi connectivity index (χ4v) is 4.15. The Hall–Kier alpha value is -2.54. The van der Waals surface area contributed by atoms with Gasteiger partial charge in [-0.2, -0.15) is 0 Å². The molecule has 6 nitrogen and oxygen atoms in total. The fraction of sp³-hybridized carbons (Fsp3) is 0.350. The van der Waals surface area contributed by atoms with E-state index in [9.17, 15) is 13.2 Å². The molecule has 7 heteroatoms. The van der Waals surface area contributed by atoms with Crippen LogP contribution in [0, 0.1) is 0 Å². The number of nitrogens with zero attached hydrogens (tertiary/aromatic N) is 1. The molecule has 0 saturated carbocycles. The summed E-state index contributed by atoms with van der Waals surface area (Å²) in [6.07, 6.45) is 3.65. The van der Waals surface area contributed by atoms with Crippen LogP contribution in [-0.2, 0) is 14.8 Å². The maximum absolute atomic E-state index is 12.6. The Labute approximate surface area is 160 Å². The van der Waals surface area contributed by atoms with Crippen LogP contribution >= 0.6 is 0 Å². The molecule has 0 amide bonds. The first-order valence-corrected chi connectivity index (χ1v) is 10.6. The number of benzene rings is 2. The van der Waals surface area contributed by atoms with Gasteiger partial charge < -0.3 is 9.64 Å². The number of esters is 1. The summed E-state index contributed by atoms with van der Waals surface area (Å²) in [5.41, 5.74) is 1.93. The highest BCUT2D eigenvalue weighted by atomic mass is 32.2. The lowest BCUT2D eigenvalue weighted by atomic mass is 10.1. The Kier molecular flexibility index (Phi) is 6.01. The largest absolute Gasteiger partial charge is 0.462 e. The van der Waals surface area contributed by atoms with Crippen LogP contribution in [0.15, 0.2) is 53.4 Å². The predicted molar refractivity (Wildman–Crippen MR) is 106 cm³/mol. The van der Waals surface area contributed by atoms with E-state index in [0.717, 1.165) is 18.8 Å². The highest BCUT2D eigenvalue weighted by Crippen LogP contribution is 2.23. The molecule has 27 heavy (non-hydrogen) atoms. The van der Waals surface area contributed by atoms with E-state index in [1.807, 2.05) is 12.1 Å². The predicted octanol–water partition coefficient (Wildman–Crippen LogP) is 3.65. The summed E-state index contributed by atoms with van der Waals surface area (Å²) in [6.45, 7) is 4.07. The van der Waals surface area contributed by atoms with E-state index >= 15 is 0 Å². The summed E-state index contributed by atoms with van der Waals surface area (Å²) in [5, 5.41) is 0. The van der Waals surface area contributed by atoms with Crippen molar-refractivity contribution >= 4 is 27.4 Å². The Balaban J connectivity index is 1.69. The number of rotatable bonds is 6. The third-order valence-corrected chi connectivity index (χ3v) is 5.91. The summed E-state index contributed by atoms with van der Waals surface area (Å²) in [4.78, 5) is 14.1. The molecule has 0 atom stereocenters. The highest BCUT2D eigenvalue weighted by Gasteiger charge is 2.16. The van der Waals surface area contributed by atoms with Gasteiger partial charge in [0.25, 0.3) is 10.0 Å². The van der Waals surface area contributed by atoms with Gasteiger partial charge in [0.15, 0.2) is 0 Å². The lowest BCUT2D eigenvalue weighted by molar-refractivity contribution is 0.0526. The Morgan fingerprint density at radius 3 is 2.22 bits per heavy atom. The minimum Gasteiger partial charge on any atom is -0.462 e. The van der Waals surface area contributed by atoms with Crippen molar-refractivity contribution in [3.05, 3.63) is 54.1 Å². The molecule has 1 saturated heterocycles. The van der Waals surface area contributed by atoms with Gasteiger partial charge in [0.05, 0.1) is 17.1 Å². The molecule has 1 N–H and O–H groups in total. The van der Waals surface area contributed by atoms with Crippen LogP contribution in [0.2, 0.25) is 0 Å². The summed E-state index contributed by atoms with van der Waals surface area (Å²) in [7, 11) is -3.72. The average molecular weight is 388 g/mol. The number of carbonyl (C=O) groups is 1. The molecule has 0 aromatic heterocycles. The zero-order valence-electron chi connectivity index (χ0n) is 15.3. The number of hydrogen-bond acceptors (Lipinski definition) is 5. The van der Waals surface area contributed by atoms with Crippen molar-refractivity contribution in [1.29, 1.82) is 0 Å². The number of piperidine rings is 1. The molecule has 1 aliphatic rings. The van der Waals surface area contributed by atoms with Gasteiger partial charge >= 0.3 is 5.97 Å². The first-order valence-electron chi connectivity index (χ1n) is 9.14. The topological polar surface area (TPSA) is 75.7 Å². The molecule has 0 bridgehead atoms. The Bertz CT molecular complexity index is 871. The average Bonchev–Trinajstić information content (AvgIpc) is 2.69. The van der Waals surface area contributed by atoms with Crippen molar-refractivity contribution in [2.75, 3.05) is 29.3 Å². The number of hydrogen-bond donors (Lipinski definition) is 1. The second-order valence-corrected chi connectivity index (χ2v) is 8.13. The maximum atomic E-state index is 12.6. The molecule has 0 aliphatic carbocycles. The number of anilines is 2.